The fraction of sp³-hybridized carbons (Fsp3) is 0.538. The molecule has 17 heavy (non-hydrogen) atoms. The minimum absolute atomic E-state index is 0.220. The van der Waals surface area contributed by atoms with Crippen LogP contribution in [0, 0.1) is 5.92 Å². The van der Waals surface area contributed by atoms with Crippen LogP contribution in [0.4, 0.5) is 0 Å². The molecule has 1 aliphatic rings. The molecule has 1 aliphatic carbocycles. The predicted octanol–water partition coefficient (Wildman–Crippen LogP) is 1.26. The third kappa shape index (κ3) is 3.35. The van der Waals surface area contributed by atoms with E-state index in [1.807, 2.05) is 12.1 Å². The third-order valence-electron chi connectivity index (χ3n) is 3.13. The molecule has 4 heteroatoms. The van der Waals surface area contributed by atoms with Gasteiger partial charge in [0.15, 0.2) is 0 Å². The number of aliphatic hydroxyl groups excluding tert-OH is 1. The number of phenols is 1. The van der Waals surface area contributed by atoms with Gasteiger partial charge in [0.1, 0.15) is 11.5 Å². The molecule has 3 N–H and O–H groups in total. The fourth-order valence-electron chi connectivity index (χ4n) is 1.82. The van der Waals surface area contributed by atoms with E-state index in [0.717, 1.165) is 18.4 Å². The molecule has 0 radical (unpaired) electrons. The summed E-state index contributed by atoms with van der Waals surface area (Å²) < 4.78 is 5.01. The van der Waals surface area contributed by atoms with Gasteiger partial charge in [-0.05, 0) is 24.8 Å². The predicted molar refractivity (Wildman–Crippen MR) is 65.1 cm³/mol. The van der Waals surface area contributed by atoms with Crippen molar-refractivity contribution in [2.24, 2.45) is 5.92 Å². The monoisotopic (exact) mass is 237 g/mol. The van der Waals surface area contributed by atoms with Gasteiger partial charge in [0, 0.05) is 24.7 Å². The van der Waals surface area contributed by atoms with Gasteiger partial charge >= 0.3 is 0 Å². The molecule has 1 saturated carbocycles. The second kappa shape index (κ2) is 5.38. The molecule has 0 spiro atoms. The van der Waals surface area contributed by atoms with Crippen molar-refractivity contribution in [1.29, 1.82) is 0 Å². The summed E-state index contributed by atoms with van der Waals surface area (Å²) in [5.74, 6) is 1.34. The van der Waals surface area contributed by atoms with Crippen molar-refractivity contribution in [2.75, 3.05) is 13.7 Å². The summed E-state index contributed by atoms with van der Waals surface area (Å²) in [7, 11) is 1.57. The smallest absolute Gasteiger partial charge is 0.123 e. The largest absolute Gasteiger partial charge is 0.507 e. The number of benzene rings is 1. The molecule has 1 fully saturated rings. The normalized spacial score (nSPS) is 16.8. The van der Waals surface area contributed by atoms with Crippen molar-refractivity contribution < 1.29 is 14.9 Å². The van der Waals surface area contributed by atoms with Crippen molar-refractivity contribution in [2.45, 2.75) is 25.5 Å². The highest BCUT2D eigenvalue weighted by molar-refractivity contribution is 5.39. The minimum atomic E-state index is -0.254. The van der Waals surface area contributed by atoms with Gasteiger partial charge in [0.2, 0.25) is 0 Å². The SMILES string of the molecule is COc1ccc(CNCC(O)C2CC2)c(O)c1. The minimum Gasteiger partial charge on any atom is -0.507 e. The van der Waals surface area contributed by atoms with Crippen LogP contribution < -0.4 is 10.1 Å². The molecule has 0 heterocycles. The highest BCUT2D eigenvalue weighted by Crippen LogP contribution is 2.32. The second-order valence-electron chi connectivity index (χ2n) is 4.53. The molecule has 0 amide bonds. The third-order valence-corrected chi connectivity index (χ3v) is 3.13. The van der Waals surface area contributed by atoms with E-state index in [-0.39, 0.29) is 11.9 Å². The highest BCUT2D eigenvalue weighted by Gasteiger charge is 2.29. The molecule has 1 aromatic rings. The van der Waals surface area contributed by atoms with Crippen LogP contribution >= 0.6 is 0 Å². The maximum absolute atomic E-state index is 9.73. The Kier molecular flexibility index (Phi) is 3.86. The van der Waals surface area contributed by atoms with E-state index in [0.29, 0.717) is 24.8 Å². The number of hydrogen-bond acceptors (Lipinski definition) is 4. The van der Waals surface area contributed by atoms with Gasteiger partial charge in [-0.25, -0.2) is 0 Å². The second-order valence-corrected chi connectivity index (χ2v) is 4.53. The maximum Gasteiger partial charge on any atom is 0.123 e. The molecular formula is C13H19NO3. The Bertz CT molecular complexity index is 377. The summed E-state index contributed by atoms with van der Waals surface area (Å²) in [5.41, 5.74) is 0.814. The van der Waals surface area contributed by atoms with Gasteiger partial charge in [-0.15, -0.1) is 0 Å². The molecule has 4 nitrogen and oxygen atoms in total. The van der Waals surface area contributed by atoms with Gasteiger partial charge < -0.3 is 20.3 Å². The van der Waals surface area contributed by atoms with Gasteiger partial charge in [-0.3, -0.25) is 0 Å². The quantitative estimate of drug-likeness (QED) is 0.697. The fourth-order valence-corrected chi connectivity index (χ4v) is 1.82. The van der Waals surface area contributed by atoms with E-state index in [1.54, 1.807) is 13.2 Å². The van der Waals surface area contributed by atoms with Crippen LogP contribution in [-0.4, -0.2) is 30.0 Å². The lowest BCUT2D eigenvalue weighted by molar-refractivity contribution is 0.148. The number of rotatable bonds is 6. The Hall–Kier alpha value is -1.26. The zero-order valence-electron chi connectivity index (χ0n) is 10.0. The zero-order chi connectivity index (χ0) is 12.3. The van der Waals surface area contributed by atoms with Crippen molar-refractivity contribution in [1.82, 2.24) is 5.32 Å². The first-order valence-corrected chi connectivity index (χ1v) is 5.95. The molecule has 2 rings (SSSR count). The van der Waals surface area contributed by atoms with Crippen molar-refractivity contribution in [3.05, 3.63) is 23.8 Å². The van der Waals surface area contributed by atoms with Gasteiger partial charge in [0.05, 0.1) is 13.2 Å². The molecule has 1 unspecified atom stereocenters. The number of nitrogens with one attached hydrogen (secondary N) is 1. The van der Waals surface area contributed by atoms with Crippen LogP contribution in [0.5, 0.6) is 11.5 Å². The average Bonchev–Trinajstić information content (AvgIpc) is 3.15. The van der Waals surface area contributed by atoms with Crippen molar-refractivity contribution >= 4 is 0 Å². The first-order chi connectivity index (χ1) is 8.20. The van der Waals surface area contributed by atoms with Crippen LogP contribution in [0.15, 0.2) is 18.2 Å². The number of hydrogen-bond donors (Lipinski definition) is 3. The van der Waals surface area contributed by atoms with E-state index >= 15 is 0 Å². The van der Waals surface area contributed by atoms with Crippen LogP contribution in [0.25, 0.3) is 0 Å². The van der Waals surface area contributed by atoms with Crippen molar-refractivity contribution in [3.8, 4) is 11.5 Å². The van der Waals surface area contributed by atoms with E-state index in [1.165, 1.54) is 0 Å². The van der Waals surface area contributed by atoms with E-state index in [9.17, 15) is 10.2 Å². The topological polar surface area (TPSA) is 61.7 Å². The van der Waals surface area contributed by atoms with Crippen LogP contribution in [0.2, 0.25) is 0 Å². The lowest BCUT2D eigenvalue weighted by atomic mass is 10.2. The number of methoxy groups -OCH3 is 1. The Balaban J connectivity index is 1.81. The van der Waals surface area contributed by atoms with Crippen LogP contribution in [-0.2, 0) is 6.54 Å². The van der Waals surface area contributed by atoms with E-state index in [4.69, 9.17) is 4.74 Å². The molecule has 1 atom stereocenters. The van der Waals surface area contributed by atoms with E-state index in [2.05, 4.69) is 5.32 Å². The molecule has 0 bridgehead atoms. The number of phenolic OH excluding ortho intramolecular Hbond substituents is 1. The standard InChI is InChI=1S/C13H19NO3/c1-17-11-5-4-10(12(15)6-11)7-14-8-13(16)9-2-3-9/h4-6,9,13-16H,2-3,7-8H2,1H3. The van der Waals surface area contributed by atoms with Gasteiger partial charge in [0.25, 0.3) is 0 Å². The molecule has 0 aromatic heterocycles. The molecule has 1 aromatic carbocycles. The zero-order valence-corrected chi connectivity index (χ0v) is 10.0. The highest BCUT2D eigenvalue weighted by atomic mass is 16.5. The Morgan fingerprint density at radius 1 is 1.47 bits per heavy atom. The first-order valence-electron chi connectivity index (χ1n) is 5.95. The number of aliphatic hydroxyl groups is 1. The summed E-state index contributed by atoms with van der Waals surface area (Å²) in [6.07, 6.45) is 2.02. The summed E-state index contributed by atoms with van der Waals surface area (Å²) in [5, 5.41) is 22.6. The molecule has 94 valence electrons. The lowest BCUT2D eigenvalue weighted by Crippen LogP contribution is -2.27. The maximum atomic E-state index is 9.73. The molecule has 0 aliphatic heterocycles. The van der Waals surface area contributed by atoms with Crippen molar-refractivity contribution in [3.63, 3.8) is 0 Å². The average molecular weight is 237 g/mol. The van der Waals surface area contributed by atoms with Crippen LogP contribution in [0.3, 0.4) is 0 Å². The summed E-state index contributed by atoms with van der Waals surface area (Å²) >= 11 is 0. The Labute approximate surface area is 101 Å². The lowest BCUT2D eigenvalue weighted by Gasteiger charge is -2.11. The van der Waals surface area contributed by atoms with Gasteiger partial charge in [-0.1, -0.05) is 6.07 Å². The Morgan fingerprint density at radius 2 is 2.24 bits per heavy atom. The Morgan fingerprint density at radius 3 is 2.82 bits per heavy atom. The summed E-state index contributed by atoms with van der Waals surface area (Å²) in [4.78, 5) is 0. The molecular weight excluding hydrogens is 218 g/mol. The summed E-state index contributed by atoms with van der Waals surface area (Å²) in [6, 6.07) is 5.23. The first kappa shape index (κ1) is 12.2. The summed E-state index contributed by atoms with van der Waals surface area (Å²) in [6.45, 7) is 1.13. The number of ether oxygens (including phenoxy) is 1. The number of aromatic hydroxyl groups is 1. The van der Waals surface area contributed by atoms with Crippen LogP contribution in [0.1, 0.15) is 18.4 Å². The molecule has 0 saturated heterocycles. The van der Waals surface area contributed by atoms with E-state index < -0.39 is 0 Å². The van der Waals surface area contributed by atoms with Gasteiger partial charge in [-0.2, -0.15) is 0 Å².